The van der Waals surface area contributed by atoms with E-state index in [4.69, 9.17) is 31.0 Å². The molecule has 0 spiro atoms. The molecule has 0 aliphatic carbocycles. The van der Waals surface area contributed by atoms with E-state index >= 15 is 0 Å². The molecule has 0 aliphatic heterocycles. The molecule has 6 N–H and O–H groups in total. The van der Waals surface area contributed by atoms with Crippen molar-refractivity contribution < 1.29 is 37.1 Å². The molecule has 0 amide bonds. The van der Waals surface area contributed by atoms with Crippen LogP contribution in [0.4, 0.5) is 23.5 Å². The average molecular weight is 542 g/mol. The highest BCUT2D eigenvalue weighted by Crippen LogP contribution is 2.38. The van der Waals surface area contributed by atoms with E-state index in [0.29, 0.717) is 22.4 Å². The number of halogens is 4. The van der Waals surface area contributed by atoms with Gasteiger partial charge in [-0.15, -0.1) is 0 Å². The van der Waals surface area contributed by atoms with Crippen molar-refractivity contribution >= 4 is 13.1 Å². The van der Waals surface area contributed by atoms with E-state index in [2.05, 4.69) is 9.97 Å². The fourth-order valence-corrected chi connectivity index (χ4v) is 3.61. The molecule has 2 unspecified atom stereocenters. The molecule has 0 saturated heterocycles. The van der Waals surface area contributed by atoms with Gasteiger partial charge in [0.05, 0.1) is 11.6 Å². The maximum Gasteiger partial charge on any atom is 0.472 e. The summed E-state index contributed by atoms with van der Waals surface area (Å²) in [4.78, 5) is 7.89. The molecule has 202 valence electrons. The Morgan fingerprint density at radius 2 is 1.54 bits per heavy atom. The van der Waals surface area contributed by atoms with Gasteiger partial charge in [0.25, 0.3) is 0 Å². The van der Waals surface area contributed by atoms with Crippen LogP contribution < -0.4 is 20.9 Å². The first kappa shape index (κ1) is 27.8. The number of nitrogens with two attached hydrogens (primary N) is 2. The van der Waals surface area contributed by atoms with Crippen molar-refractivity contribution in [3.8, 4) is 34.0 Å². The fourth-order valence-electron chi connectivity index (χ4n) is 3.61. The minimum Gasteiger partial charge on any atom is -0.493 e. The number of rotatable bonds is 9. The molecule has 0 fully saturated rings. The van der Waals surface area contributed by atoms with E-state index in [1.54, 1.807) is 30.3 Å². The molecule has 13 heteroatoms. The van der Waals surface area contributed by atoms with Gasteiger partial charge in [-0.2, -0.15) is 18.2 Å². The highest BCUT2D eigenvalue weighted by Gasteiger charge is 2.43. The first-order chi connectivity index (χ1) is 18.5. The molecule has 0 radical (unpaired) electrons. The van der Waals surface area contributed by atoms with E-state index < -0.39 is 37.0 Å². The second kappa shape index (κ2) is 11.7. The first-order valence-corrected chi connectivity index (χ1v) is 11.6. The summed E-state index contributed by atoms with van der Waals surface area (Å²) < 4.78 is 66.2. The minimum absolute atomic E-state index is 0.155. The predicted octanol–water partition coefficient (Wildman–Crippen LogP) is 3.93. The summed E-state index contributed by atoms with van der Waals surface area (Å²) in [6.45, 7) is -0.155. The van der Waals surface area contributed by atoms with Crippen LogP contribution in [0.1, 0.15) is 11.7 Å². The van der Waals surface area contributed by atoms with Gasteiger partial charge in [0.15, 0.2) is 0 Å². The molecule has 3 aromatic carbocycles. The molecule has 8 nitrogen and oxygen atoms in total. The Morgan fingerprint density at radius 3 is 2.15 bits per heavy atom. The van der Waals surface area contributed by atoms with Crippen LogP contribution in [0, 0.1) is 5.82 Å². The molecule has 1 aromatic heterocycles. The van der Waals surface area contributed by atoms with Crippen LogP contribution >= 0.6 is 0 Å². The van der Waals surface area contributed by atoms with Gasteiger partial charge in [-0.05, 0) is 47.5 Å². The number of ether oxygens (including phenoxy) is 2. The van der Waals surface area contributed by atoms with Crippen molar-refractivity contribution in [2.45, 2.75) is 18.2 Å². The van der Waals surface area contributed by atoms with Crippen LogP contribution in [-0.2, 0) is 0 Å². The van der Waals surface area contributed by atoms with Crippen LogP contribution in [0.15, 0.2) is 78.9 Å². The summed E-state index contributed by atoms with van der Waals surface area (Å²) in [5.74, 6) is -1.79. The van der Waals surface area contributed by atoms with Gasteiger partial charge in [0, 0.05) is 17.2 Å². The van der Waals surface area contributed by atoms with Crippen LogP contribution in [0.2, 0.25) is 0 Å². The van der Waals surface area contributed by atoms with Gasteiger partial charge >= 0.3 is 13.3 Å². The summed E-state index contributed by atoms with van der Waals surface area (Å²) in [6.07, 6.45) is -7.15. The van der Waals surface area contributed by atoms with Crippen molar-refractivity contribution in [3.05, 3.63) is 90.2 Å². The Labute approximate surface area is 221 Å². The number of nitrogens with zero attached hydrogens (tertiary/aromatic N) is 2. The van der Waals surface area contributed by atoms with E-state index in [9.17, 15) is 17.6 Å². The number of aromatic nitrogens is 2. The summed E-state index contributed by atoms with van der Waals surface area (Å²) in [6, 6.07) is 18.6. The van der Waals surface area contributed by atoms with E-state index in [1.807, 2.05) is 0 Å². The van der Waals surface area contributed by atoms with Crippen LogP contribution in [0.3, 0.4) is 0 Å². The number of alkyl halides is 3. The van der Waals surface area contributed by atoms with Crippen LogP contribution in [0.5, 0.6) is 11.6 Å². The first-order valence-electron chi connectivity index (χ1n) is 11.6. The van der Waals surface area contributed by atoms with Crippen LogP contribution in [0.25, 0.3) is 22.4 Å². The van der Waals surface area contributed by atoms with Gasteiger partial charge in [-0.25, -0.2) is 9.37 Å². The maximum atomic E-state index is 14.0. The zero-order chi connectivity index (χ0) is 28.2. The predicted molar refractivity (Wildman–Crippen MR) is 137 cm³/mol. The van der Waals surface area contributed by atoms with Crippen LogP contribution in [-0.4, -0.2) is 45.9 Å². The zero-order valence-corrected chi connectivity index (χ0v) is 20.2. The van der Waals surface area contributed by atoms with Crippen molar-refractivity contribution in [1.82, 2.24) is 9.97 Å². The van der Waals surface area contributed by atoms with E-state index in [1.165, 1.54) is 48.5 Å². The minimum atomic E-state index is -4.79. The average Bonchev–Trinajstić information content (AvgIpc) is 2.90. The lowest BCUT2D eigenvalue weighted by Gasteiger charge is -2.22. The second-order valence-corrected chi connectivity index (χ2v) is 8.53. The molecular weight excluding hydrogens is 519 g/mol. The molecule has 0 bridgehead atoms. The van der Waals surface area contributed by atoms with Crippen molar-refractivity contribution in [3.63, 3.8) is 0 Å². The Kier molecular flexibility index (Phi) is 8.34. The lowest BCUT2D eigenvalue weighted by atomic mass is 9.81. The fraction of sp³-hybridized carbons (Fsp3) is 0.154. The van der Waals surface area contributed by atoms with Crippen molar-refractivity contribution in [2.24, 2.45) is 5.73 Å². The summed E-state index contributed by atoms with van der Waals surface area (Å²) in [7, 11) is -1.74. The number of hydrogen-bond acceptors (Lipinski definition) is 8. The molecule has 4 rings (SSSR count). The van der Waals surface area contributed by atoms with Gasteiger partial charge < -0.3 is 31.0 Å². The van der Waals surface area contributed by atoms with E-state index in [-0.39, 0.29) is 23.8 Å². The third-order valence-electron chi connectivity index (χ3n) is 5.60. The standard InChI is InChI=1S/C26H23BF4N4O4/c28-19-3-1-2-18(12-19)15-4-6-17(7-5-15)24(26(29,30)31)39-23-13-21(34-25(33)35-23)16-8-10-20(11-9-16)38-14-22(32)27(36)37/h1-13,22,24,36-37H,14,32H2,(H2,33,34,35). The Balaban J connectivity index is 1.55. The number of benzene rings is 3. The smallest absolute Gasteiger partial charge is 0.472 e. The molecule has 0 aliphatic rings. The third-order valence-corrected chi connectivity index (χ3v) is 5.60. The number of hydrogen-bond donors (Lipinski definition) is 4. The third kappa shape index (κ3) is 7.22. The Morgan fingerprint density at radius 1 is 0.872 bits per heavy atom. The molecule has 39 heavy (non-hydrogen) atoms. The van der Waals surface area contributed by atoms with Crippen molar-refractivity contribution in [2.75, 3.05) is 12.3 Å². The summed E-state index contributed by atoms with van der Waals surface area (Å²) in [5, 5.41) is 18.1. The number of anilines is 1. The topological polar surface area (TPSA) is 137 Å². The Bertz CT molecular complexity index is 1410. The lowest BCUT2D eigenvalue weighted by molar-refractivity contribution is -0.198. The molecule has 4 aromatic rings. The van der Waals surface area contributed by atoms with Gasteiger partial charge in [0.1, 0.15) is 18.2 Å². The number of nitrogen functional groups attached to an aromatic ring is 1. The highest BCUT2D eigenvalue weighted by molar-refractivity contribution is 6.43. The SMILES string of the molecule is Nc1nc(OC(c2ccc(-c3cccc(F)c3)cc2)C(F)(F)F)cc(-c2ccc(OCC(N)B(O)O)cc2)n1. The van der Waals surface area contributed by atoms with Gasteiger partial charge in [-0.1, -0.05) is 36.4 Å². The molecule has 0 saturated carbocycles. The highest BCUT2D eigenvalue weighted by atomic mass is 19.4. The molecule has 2 atom stereocenters. The monoisotopic (exact) mass is 542 g/mol. The normalized spacial score (nSPS) is 13.0. The van der Waals surface area contributed by atoms with E-state index in [0.717, 1.165) is 0 Å². The second-order valence-electron chi connectivity index (χ2n) is 8.53. The molecular formula is C26H23BF4N4O4. The Hall–Kier alpha value is -4.20. The zero-order valence-electron chi connectivity index (χ0n) is 20.2. The summed E-state index contributed by atoms with van der Waals surface area (Å²) in [5.41, 5.74) is 12.8. The maximum absolute atomic E-state index is 14.0. The van der Waals surface area contributed by atoms with Gasteiger partial charge in [0.2, 0.25) is 17.9 Å². The summed E-state index contributed by atoms with van der Waals surface area (Å²) >= 11 is 0. The molecule has 1 heterocycles. The van der Waals surface area contributed by atoms with Crippen molar-refractivity contribution in [1.29, 1.82) is 0 Å². The quantitative estimate of drug-likeness (QED) is 0.185. The lowest BCUT2D eigenvalue weighted by Crippen LogP contribution is -2.43. The largest absolute Gasteiger partial charge is 0.493 e. The van der Waals surface area contributed by atoms with Gasteiger partial charge in [-0.3, -0.25) is 0 Å².